The lowest BCUT2D eigenvalue weighted by Crippen LogP contribution is -2.58. The molecule has 6 rings (SSSR count). The number of carboxylic acid groups (broad SMARTS) is 1. The van der Waals surface area contributed by atoms with Gasteiger partial charge in [0.15, 0.2) is 5.69 Å². The molecular formula is C33H46N4O5. The molecule has 0 radical (unpaired) electrons. The molecule has 9 heteroatoms. The smallest absolute Gasteiger partial charge is 0.303 e. The summed E-state index contributed by atoms with van der Waals surface area (Å²) in [6.07, 6.45) is 15.2. The molecule has 1 aromatic carbocycles. The average Bonchev–Trinajstić information content (AvgIpc) is 3.15. The minimum atomic E-state index is -0.955. The number of oxime groups is 1. The normalized spacial score (nSPS) is 30.2. The highest BCUT2D eigenvalue weighted by atomic mass is 16.6. The van der Waals surface area contributed by atoms with E-state index in [1.54, 1.807) is 7.11 Å². The Morgan fingerprint density at radius 3 is 2.31 bits per heavy atom. The summed E-state index contributed by atoms with van der Waals surface area (Å²) in [5.41, 5.74) is 1.82. The second-order valence-corrected chi connectivity index (χ2v) is 13.1. The zero-order chi connectivity index (χ0) is 29.1. The zero-order valence-corrected chi connectivity index (χ0v) is 25.0. The molecule has 2 saturated heterocycles. The van der Waals surface area contributed by atoms with Crippen molar-refractivity contribution in [2.45, 2.75) is 114 Å². The molecule has 228 valence electrons. The van der Waals surface area contributed by atoms with E-state index in [9.17, 15) is 14.7 Å². The van der Waals surface area contributed by atoms with Crippen LogP contribution in [0.4, 0.5) is 0 Å². The second-order valence-electron chi connectivity index (χ2n) is 13.1. The number of carbonyl (C=O) groups is 1. The van der Waals surface area contributed by atoms with Gasteiger partial charge < -0.3 is 19.2 Å². The molecule has 3 heterocycles. The Balaban J connectivity index is 1.33. The molecule has 4 bridgehead atoms. The molecule has 4 fully saturated rings. The van der Waals surface area contributed by atoms with Crippen molar-refractivity contribution >= 4 is 22.7 Å². The number of carboxylic acids is 1. The maximum absolute atomic E-state index is 14.3. The van der Waals surface area contributed by atoms with Gasteiger partial charge in [-0.25, -0.2) is 4.98 Å². The van der Waals surface area contributed by atoms with Gasteiger partial charge in [-0.2, -0.15) is 0 Å². The summed E-state index contributed by atoms with van der Waals surface area (Å²) in [6, 6.07) is 9.55. The van der Waals surface area contributed by atoms with Crippen LogP contribution in [-0.4, -0.2) is 69.7 Å². The highest BCUT2D eigenvalue weighted by Crippen LogP contribution is 2.47. The maximum atomic E-state index is 14.3. The molecule has 2 aromatic rings. The maximum Gasteiger partial charge on any atom is 0.303 e. The predicted octanol–water partition coefficient (Wildman–Crippen LogP) is 5.55. The minimum absolute atomic E-state index is 0.0661. The van der Waals surface area contributed by atoms with E-state index < -0.39 is 5.97 Å². The standard InChI is InChI=1S/C33H46N4O5/c1-41-15-16-42-35-29(13-14-31(38)39)32-33(40)37(30-12-5-4-11-28(30)34-32)27-20-24-9-6-10-25(21-27)36(24)26-18-22-7-2-3-8-23(17-22)19-26/h4-5,11-12,22-27H,2-3,6-10,13-21H2,1H3,(H,38,39)/b35-29+. The van der Waals surface area contributed by atoms with Crippen molar-refractivity contribution in [1.29, 1.82) is 0 Å². The Kier molecular flexibility index (Phi) is 9.24. The van der Waals surface area contributed by atoms with E-state index in [2.05, 4.69) is 10.1 Å². The Hall–Kier alpha value is -2.78. The topological polar surface area (TPSA) is 106 Å². The fraction of sp³-hybridized carbons (Fsp3) is 0.697. The lowest BCUT2D eigenvalue weighted by Gasteiger charge is -2.54. The minimum Gasteiger partial charge on any atom is -0.481 e. The van der Waals surface area contributed by atoms with Gasteiger partial charge in [0.25, 0.3) is 5.56 Å². The van der Waals surface area contributed by atoms with E-state index in [0.717, 1.165) is 35.7 Å². The third kappa shape index (κ3) is 6.27. The van der Waals surface area contributed by atoms with E-state index in [-0.39, 0.29) is 42.5 Å². The fourth-order valence-electron chi connectivity index (χ4n) is 8.69. The molecule has 4 unspecified atom stereocenters. The summed E-state index contributed by atoms with van der Waals surface area (Å²) in [4.78, 5) is 38.8. The quantitative estimate of drug-likeness (QED) is 0.224. The number of para-hydroxylation sites is 2. The number of fused-ring (bicyclic) bond motifs is 5. The number of aromatic nitrogens is 2. The number of aliphatic carboxylic acids is 1. The largest absolute Gasteiger partial charge is 0.481 e. The van der Waals surface area contributed by atoms with Crippen LogP contribution in [0.15, 0.2) is 34.2 Å². The fourth-order valence-corrected chi connectivity index (χ4v) is 8.69. The van der Waals surface area contributed by atoms with Gasteiger partial charge in [0.1, 0.15) is 12.3 Å². The van der Waals surface area contributed by atoms with E-state index in [0.29, 0.717) is 24.7 Å². The molecule has 1 aromatic heterocycles. The summed E-state index contributed by atoms with van der Waals surface area (Å²) >= 11 is 0. The number of methoxy groups -OCH3 is 1. The zero-order valence-electron chi connectivity index (χ0n) is 25.0. The van der Waals surface area contributed by atoms with Crippen LogP contribution in [-0.2, 0) is 14.4 Å². The molecule has 2 aliphatic heterocycles. The molecule has 2 saturated carbocycles. The van der Waals surface area contributed by atoms with Crippen molar-refractivity contribution in [3.8, 4) is 0 Å². The summed E-state index contributed by atoms with van der Waals surface area (Å²) < 4.78 is 7.01. The van der Waals surface area contributed by atoms with Crippen molar-refractivity contribution in [2.75, 3.05) is 20.3 Å². The van der Waals surface area contributed by atoms with Gasteiger partial charge in [-0.15, -0.1) is 0 Å². The lowest BCUT2D eigenvalue weighted by molar-refractivity contribution is -0.136. The molecule has 1 N–H and O–H groups in total. The Bertz CT molecular complexity index is 1310. The monoisotopic (exact) mass is 578 g/mol. The van der Waals surface area contributed by atoms with Crippen LogP contribution < -0.4 is 5.56 Å². The molecule has 4 aliphatic rings. The Labute approximate surface area is 248 Å². The number of hydrogen-bond donors (Lipinski definition) is 1. The average molecular weight is 579 g/mol. The van der Waals surface area contributed by atoms with Gasteiger partial charge in [-0.1, -0.05) is 49.4 Å². The summed E-state index contributed by atoms with van der Waals surface area (Å²) in [5, 5.41) is 13.6. The highest BCUT2D eigenvalue weighted by molar-refractivity contribution is 6.00. The third-order valence-corrected chi connectivity index (χ3v) is 10.3. The molecule has 4 atom stereocenters. The molecule has 0 amide bonds. The van der Waals surface area contributed by atoms with Crippen LogP contribution in [0.1, 0.15) is 102 Å². The number of rotatable bonds is 10. The van der Waals surface area contributed by atoms with E-state index in [1.807, 2.05) is 28.8 Å². The lowest BCUT2D eigenvalue weighted by atomic mass is 9.73. The van der Waals surface area contributed by atoms with Crippen LogP contribution in [0.2, 0.25) is 0 Å². The number of hydrogen-bond acceptors (Lipinski definition) is 7. The van der Waals surface area contributed by atoms with Crippen molar-refractivity contribution in [3.63, 3.8) is 0 Å². The molecule has 0 spiro atoms. The van der Waals surface area contributed by atoms with Gasteiger partial charge in [-0.05, 0) is 68.9 Å². The van der Waals surface area contributed by atoms with Crippen LogP contribution in [0, 0.1) is 11.8 Å². The SMILES string of the molecule is COCCO/N=C(\CCC(=O)O)c1nc2ccccc2n(C2CC3CCCC(C2)N3C2CC3CCCCC(C3)C2)c1=O. The first-order valence-electron chi connectivity index (χ1n) is 16.2. The molecule has 42 heavy (non-hydrogen) atoms. The van der Waals surface area contributed by atoms with E-state index >= 15 is 0 Å². The molecule has 2 aliphatic carbocycles. The van der Waals surface area contributed by atoms with Gasteiger partial charge in [0.2, 0.25) is 0 Å². The number of nitrogens with zero attached hydrogens (tertiary/aromatic N) is 4. The van der Waals surface area contributed by atoms with Crippen LogP contribution in [0.25, 0.3) is 11.0 Å². The van der Waals surface area contributed by atoms with Gasteiger partial charge in [0, 0.05) is 37.7 Å². The van der Waals surface area contributed by atoms with E-state index in [4.69, 9.17) is 14.6 Å². The van der Waals surface area contributed by atoms with Crippen LogP contribution in [0.3, 0.4) is 0 Å². The Morgan fingerprint density at radius 2 is 1.62 bits per heavy atom. The van der Waals surface area contributed by atoms with Crippen molar-refractivity contribution in [2.24, 2.45) is 17.0 Å². The van der Waals surface area contributed by atoms with Crippen molar-refractivity contribution in [1.82, 2.24) is 14.5 Å². The van der Waals surface area contributed by atoms with E-state index in [1.165, 1.54) is 64.2 Å². The first kappa shape index (κ1) is 29.3. The van der Waals surface area contributed by atoms with Gasteiger partial charge >= 0.3 is 5.97 Å². The van der Waals surface area contributed by atoms with Crippen molar-refractivity contribution in [3.05, 3.63) is 40.3 Å². The van der Waals surface area contributed by atoms with Crippen LogP contribution >= 0.6 is 0 Å². The first-order chi connectivity index (χ1) is 20.5. The number of benzene rings is 1. The molecule has 9 nitrogen and oxygen atoms in total. The number of piperidine rings is 2. The number of ether oxygens (including phenoxy) is 1. The predicted molar refractivity (Wildman–Crippen MR) is 162 cm³/mol. The van der Waals surface area contributed by atoms with Crippen molar-refractivity contribution < 1.29 is 19.5 Å². The summed E-state index contributed by atoms with van der Waals surface area (Å²) in [5.74, 6) is 0.820. The molecular weight excluding hydrogens is 532 g/mol. The summed E-state index contributed by atoms with van der Waals surface area (Å²) in [6.45, 7) is 0.550. The third-order valence-electron chi connectivity index (χ3n) is 10.3. The van der Waals surface area contributed by atoms with Gasteiger partial charge in [-0.3, -0.25) is 14.5 Å². The Morgan fingerprint density at radius 1 is 0.905 bits per heavy atom. The van der Waals surface area contributed by atoms with Gasteiger partial charge in [0.05, 0.1) is 24.1 Å². The second kappa shape index (κ2) is 13.2. The van der Waals surface area contributed by atoms with Crippen LogP contribution in [0.5, 0.6) is 0 Å². The highest BCUT2D eigenvalue weighted by Gasteiger charge is 2.45. The summed E-state index contributed by atoms with van der Waals surface area (Å²) in [7, 11) is 1.57. The first-order valence-corrected chi connectivity index (χ1v) is 16.2.